The molecule has 0 aliphatic carbocycles. The van der Waals surface area contributed by atoms with E-state index in [1.54, 1.807) is 16.4 Å². The molecule has 1 aromatic carbocycles. The molecule has 1 atom stereocenters. The molecule has 0 spiro atoms. The highest BCUT2D eigenvalue weighted by atomic mass is 32.2. The molecule has 1 aliphatic heterocycles. The van der Waals surface area contributed by atoms with Gasteiger partial charge in [0.05, 0.1) is 4.90 Å². The summed E-state index contributed by atoms with van der Waals surface area (Å²) < 4.78 is 26.8. The molecule has 0 radical (unpaired) electrons. The molecule has 2 rings (SSSR count). The first kappa shape index (κ1) is 14.3. The van der Waals surface area contributed by atoms with Crippen molar-refractivity contribution in [3.8, 4) is 0 Å². The van der Waals surface area contributed by atoms with Crippen molar-refractivity contribution in [2.24, 2.45) is 5.92 Å². The van der Waals surface area contributed by atoms with Gasteiger partial charge >= 0.3 is 0 Å². The van der Waals surface area contributed by atoms with Crippen LogP contribution in [0.3, 0.4) is 0 Å². The van der Waals surface area contributed by atoms with Crippen LogP contribution in [0.1, 0.15) is 30.9 Å². The Kier molecular flexibility index (Phi) is 3.87. The fourth-order valence-electron chi connectivity index (χ4n) is 2.52. The molecule has 4 nitrogen and oxygen atoms in total. The number of anilines is 1. The van der Waals surface area contributed by atoms with Crippen LogP contribution in [0.5, 0.6) is 0 Å². The Balaban J connectivity index is 2.39. The third kappa shape index (κ3) is 2.77. The van der Waals surface area contributed by atoms with Crippen molar-refractivity contribution in [1.82, 2.24) is 4.31 Å². The molecule has 0 amide bonds. The lowest BCUT2D eigenvalue weighted by atomic mass is 10.0. The number of hydrogen-bond donors (Lipinski definition) is 1. The van der Waals surface area contributed by atoms with Gasteiger partial charge < -0.3 is 5.73 Å². The second-order valence-corrected chi connectivity index (χ2v) is 7.50. The smallest absolute Gasteiger partial charge is 0.243 e. The normalized spacial score (nSPS) is 21.5. The van der Waals surface area contributed by atoms with E-state index >= 15 is 0 Å². The zero-order chi connectivity index (χ0) is 14.2. The zero-order valence-corrected chi connectivity index (χ0v) is 12.6. The molecule has 1 aromatic rings. The topological polar surface area (TPSA) is 63.4 Å². The molecule has 1 unspecified atom stereocenters. The molecule has 0 saturated carbocycles. The van der Waals surface area contributed by atoms with Crippen LogP contribution in [0.15, 0.2) is 17.0 Å². The minimum Gasteiger partial charge on any atom is -0.398 e. The minimum absolute atomic E-state index is 0.321. The van der Waals surface area contributed by atoms with Crippen LogP contribution in [0.25, 0.3) is 0 Å². The third-order valence-corrected chi connectivity index (χ3v) is 5.78. The molecule has 0 aromatic heterocycles. The molecular weight excluding hydrogens is 260 g/mol. The van der Waals surface area contributed by atoms with Crippen LogP contribution in [-0.2, 0) is 10.0 Å². The quantitative estimate of drug-likeness (QED) is 0.847. The molecule has 0 bridgehead atoms. The highest BCUT2D eigenvalue weighted by molar-refractivity contribution is 7.89. The van der Waals surface area contributed by atoms with Crippen molar-refractivity contribution in [3.63, 3.8) is 0 Å². The monoisotopic (exact) mass is 282 g/mol. The summed E-state index contributed by atoms with van der Waals surface area (Å²) in [4.78, 5) is 0.321. The van der Waals surface area contributed by atoms with Crippen molar-refractivity contribution in [2.45, 2.75) is 38.5 Å². The molecule has 1 fully saturated rings. The standard InChI is InChI=1S/C14H22N2O2S/c1-10-5-4-6-16(9-10)19(17,18)13-7-11(2)12(3)14(15)8-13/h7-8,10H,4-6,9,15H2,1-3H3. The van der Waals surface area contributed by atoms with Gasteiger partial charge in [-0.05, 0) is 55.9 Å². The summed E-state index contributed by atoms with van der Waals surface area (Å²) in [6.07, 6.45) is 2.03. The Labute approximate surface area is 115 Å². The maximum absolute atomic E-state index is 12.6. The van der Waals surface area contributed by atoms with Gasteiger partial charge in [0, 0.05) is 18.8 Å². The molecule has 1 aliphatic rings. The first-order valence-corrected chi connectivity index (χ1v) is 8.13. The Hall–Kier alpha value is -1.07. The summed E-state index contributed by atoms with van der Waals surface area (Å²) in [5.41, 5.74) is 8.31. The molecule has 1 heterocycles. The van der Waals surface area contributed by atoms with Gasteiger partial charge in [-0.15, -0.1) is 0 Å². The number of piperidine rings is 1. The Bertz CT molecular complexity index is 558. The lowest BCUT2D eigenvalue weighted by molar-refractivity contribution is 0.281. The van der Waals surface area contributed by atoms with Crippen LogP contribution in [0, 0.1) is 19.8 Å². The van der Waals surface area contributed by atoms with E-state index in [9.17, 15) is 8.42 Å². The second kappa shape index (κ2) is 5.13. The first-order chi connectivity index (χ1) is 8.82. The summed E-state index contributed by atoms with van der Waals surface area (Å²) in [6, 6.07) is 3.30. The highest BCUT2D eigenvalue weighted by Crippen LogP contribution is 2.27. The largest absolute Gasteiger partial charge is 0.398 e. The van der Waals surface area contributed by atoms with Crippen molar-refractivity contribution in [1.29, 1.82) is 0 Å². The molecule has 1 saturated heterocycles. The lowest BCUT2D eigenvalue weighted by Gasteiger charge is -2.30. The van der Waals surface area contributed by atoms with E-state index in [2.05, 4.69) is 6.92 Å². The third-order valence-electron chi connectivity index (χ3n) is 3.94. The summed E-state index contributed by atoms with van der Waals surface area (Å²) in [5.74, 6) is 0.424. The first-order valence-electron chi connectivity index (χ1n) is 6.69. The maximum Gasteiger partial charge on any atom is 0.243 e. The molecule has 19 heavy (non-hydrogen) atoms. The molecule has 106 valence electrons. The number of nitrogen functional groups attached to an aromatic ring is 1. The SMILES string of the molecule is Cc1cc(S(=O)(=O)N2CCCC(C)C2)cc(N)c1C. The molecular formula is C14H22N2O2S. The van der Waals surface area contributed by atoms with E-state index in [1.165, 1.54) is 0 Å². The lowest BCUT2D eigenvalue weighted by Crippen LogP contribution is -2.39. The number of hydrogen-bond acceptors (Lipinski definition) is 3. The van der Waals surface area contributed by atoms with Gasteiger partial charge in [0.15, 0.2) is 0 Å². The van der Waals surface area contributed by atoms with Crippen LogP contribution in [-0.4, -0.2) is 25.8 Å². The van der Waals surface area contributed by atoms with Gasteiger partial charge in [0.25, 0.3) is 0 Å². The fraction of sp³-hybridized carbons (Fsp3) is 0.571. The van der Waals surface area contributed by atoms with Crippen molar-refractivity contribution < 1.29 is 8.42 Å². The van der Waals surface area contributed by atoms with Gasteiger partial charge in [0.1, 0.15) is 0 Å². The number of nitrogens with two attached hydrogens (primary N) is 1. The van der Waals surface area contributed by atoms with E-state index in [0.717, 1.165) is 24.0 Å². The Morgan fingerprint density at radius 2 is 2.00 bits per heavy atom. The Morgan fingerprint density at radius 1 is 1.32 bits per heavy atom. The van der Waals surface area contributed by atoms with E-state index in [4.69, 9.17) is 5.73 Å². The average Bonchev–Trinajstić information content (AvgIpc) is 2.35. The van der Waals surface area contributed by atoms with E-state index in [-0.39, 0.29) is 0 Å². The summed E-state index contributed by atoms with van der Waals surface area (Å²) >= 11 is 0. The number of aryl methyl sites for hydroxylation is 1. The number of benzene rings is 1. The highest BCUT2D eigenvalue weighted by Gasteiger charge is 2.29. The summed E-state index contributed by atoms with van der Waals surface area (Å²) in [6.45, 7) is 7.11. The van der Waals surface area contributed by atoms with Gasteiger partial charge in [-0.25, -0.2) is 8.42 Å². The second-order valence-electron chi connectivity index (χ2n) is 5.56. The predicted molar refractivity (Wildman–Crippen MR) is 77.5 cm³/mol. The van der Waals surface area contributed by atoms with Crippen LogP contribution >= 0.6 is 0 Å². The minimum atomic E-state index is -3.40. The van der Waals surface area contributed by atoms with Gasteiger partial charge in [0.2, 0.25) is 10.0 Å². The van der Waals surface area contributed by atoms with Crippen LogP contribution in [0.4, 0.5) is 5.69 Å². The number of sulfonamides is 1. The predicted octanol–water partition coefficient (Wildman–Crippen LogP) is 2.31. The van der Waals surface area contributed by atoms with Gasteiger partial charge in [-0.3, -0.25) is 0 Å². The van der Waals surface area contributed by atoms with Crippen molar-refractivity contribution >= 4 is 15.7 Å². The van der Waals surface area contributed by atoms with Crippen molar-refractivity contribution in [2.75, 3.05) is 18.8 Å². The van der Waals surface area contributed by atoms with Crippen molar-refractivity contribution in [3.05, 3.63) is 23.3 Å². The molecule has 2 N–H and O–H groups in total. The maximum atomic E-state index is 12.6. The summed E-state index contributed by atoms with van der Waals surface area (Å²) in [5, 5.41) is 0. The number of nitrogens with zero attached hydrogens (tertiary/aromatic N) is 1. The van der Waals surface area contributed by atoms with E-state index in [1.807, 2.05) is 13.8 Å². The van der Waals surface area contributed by atoms with Gasteiger partial charge in [-0.2, -0.15) is 4.31 Å². The van der Waals surface area contributed by atoms with E-state index < -0.39 is 10.0 Å². The van der Waals surface area contributed by atoms with Crippen LogP contribution in [0.2, 0.25) is 0 Å². The van der Waals surface area contributed by atoms with Crippen LogP contribution < -0.4 is 5.73 Å². The molecule has 5 heteroatoms. The zero-order valence-electron chi connectivity index (χ0n) is 11.8. The number of rotatable bonds is 2. The fourth-order valence-corrected chi connectivity index (χ4v) is 4.24. The van der Waals surface area contributed by atoms with E-state index in [0.29, 0.717) is 29.6 Å². The van der Waals surface area contributed by atoms with Gasteiger partial charge in [-0.1, -0.05) is 6.92 Å². The average molecular weight is 282 g/mol. The Morgan fingerprint density at radius 3 is 2.58 bits per heavy atom. The summed E-state index contributed by atoms with van der Waals surface area (Å²) in [7, 11) is -3.40.